The second kappa shape index (κ2) is 44.0. The van der Waals surface area contributed by atoms with Gasteiger partial charge in [0.2, 0.25) is 41.9 Å². The van der Waals surface area contributed by atoms with E-state index >= 15 is 0 Å². The minimum atomic E-state index is -3.88. The Morgan fingerprint density at radius 3 is 1.05 bits per heavy atom. The van der Waals surface area contributed by atoms with Crippen molar-refractivity contribution in [3.8, 4) is 0 Å². The van der Waals surface area contributed by atoms with Gasteiger partial charge in [0.05, 0.1) is 93.5 Å². The molecule has 614 valence electrons. The largest absolute Gasteiger partial charge is 0.393 e. The molecular formula is C79H102Cl6N8O16S3. The first kappa shape index (κ1) is 90.9. The first-order chi connectivity index (χ1) is 53.5. The summed E-state index contributed by atoms with van der Waals surface area (Å²) < 4.78 is 122. The number of nitrogens with zero attached hydrogens (tertiary/aromatic N) is 3. The molecule has 0 radical (unpaired) electrons. The van der Waals surface area contributed by atoms with Crippen LogP contribution in [0.1, 0.15) is 126 Å². The summed E-state index contributed by atoms with van der Waals surface area (Å²) in [6.07, 6.45) is 0.103. The molecule has 4 atom stereocenters. The lowest BCUT2D eigenvalue weighted by atomic mass is 9.71. The van der Waals surface area contributed by atoms with Gasteiger partial charge in [0, 0.05) is 152 Å². The number of amides is 2. The molecule has 0 saturated carbocycles. The molecule has 0 bridgehead atoms. The maximum absolute atomic E-state index is 13.5. The van der Waals surface area contributed by atoms with Crippen LogP contribution in [0.3, 0.4) is 0 Å². The number of Topliss-reactive ketones (excluding diaryl/α,β-unsaturated/α-hetero) is 1. The molecule has 0 aromatic heterocycles. The first-order valence-corrected chi connectivity index (χ1v) is 44.2. The van der Waals surface area contributed by atoms with E-state index in [-0.39, 0.29) is 207 Å². The topological polar surface area (TPSA) is 299 Å². The monoisotopic (exact) mass is 1720 g/mol. The Hall–Kier alpha value is -5.00. The summed E-state index contributed by atoms with van der Waals surface area (Å²) in [6.45, 7) is 7.72. The van der Waals surface area contributed by atoms with Crippen molar-refractivity contribution in [1.82, 2.24) is 39.5 Å². The molecule has 6 N–H and O–H groups in total. The number of fused-ring (bicyclic) bond motifs is 3. The van der Waals surface area contributed by atoms with Gasteiger partial charge in [0.15, 0.2) is 0 Å². The lowest BCUT2D eigenvalue weighted by molar-refractivity contribution is -0.123. The molecule has 6 aromatic rings. The minimum absolute atomic E-state index is 0.0138. The molecule has 3 aliphatic heterocycles. The highest BCUT2D eigenvalue weighted by molar-refractivity contribution is 7.90. The molecule has 3 heterocycles. The highest BCUT2D eigenvalue weighted by Gasteiger charge is 2.37. The van der Waals surface area contributed by atoms with Gasteiger partial charge < -0.3 is 58.9 Å². The highest BCUT2D eigenvalue weighted by Crippen LogP contribution is 2.43. The zero-order valence-corrected chi connectivity index (χ0v) is 70.5. The number of benzene rings is 6. The molecule has 2 amide bonds. The number of hydrogen-bond acceptors (Lipinski definition) is 19. The second-order valence-corrected chi connectivity index (χ2v) is 36.4. The van der Waals surface area contributed by atoms with Crippen LogP contribution in [0.5, 0.6) is 0 Å². The van der Waals surface area contributed by atoms with Gasteiger partial charge in [0.25, 0.3) is 0 Å². The summed E-state index contributed by atoms with van der Waals surface area (Å²) >= 11 is 38.9. The Bertz CT molecular complexity index is 4080. The molecule has 0 saturated heterocycles. The molecule has 112 heavy (non-hydrogen) atoms. The maximum Gasteiger partial charge on any atom is 0.240 e. The van der Waals surface area contributed by atoms with Crippen LogP contribution in [-0.4, -0.2) is 222 Å². The minimum Gasteiger partial charge on any atom is -0.393 e. The Morgan fingerprint density at radius 1 is 0.429 bits per heavy atom. The third-order valence-electron chi connectivity index (χ3n) is 20.3. The maximum atomic E-state index is 13.5. The highest BCUT2D eigenvalue weighted by atomic mass is 35.5. The summed E-state index contributed by atoms with van der Waals surface area (Å²) in [6, 6.07) is 31.3. The fraction of sp³-hybridized carbons (Fsp3) is 0.506. The van der Waals surface area contributed by atoms with Gasteiger partial charge in [-0.2, -0.15) is 0 Å². The number of carbonyl (C=O) groups excluding carboxylic acids is 3. The number of carbonyl (C=O) groups is 3. The number of hydrogen-bond donors (Lipinski definition) is 6. The van der Waals surface area contributed by atoms with Gasteiger partial charge in [-0.25, -0.2) is 39.4 Å². The molecule has 1 unspecified atom stereocenters. The van der Waals surface area contributed by atoms with E-state index < -0.39 is 41.6 Å². The van der Waals surface area contributed by atoms with E-state index in [9.17, 15) is 44.7 Å². The van der Waals surface area contributed by atoms with Crippen molar-refractivity contribution in [2.24, 2.45) is 5.41 Å². The van der Waals surface area contributed by atoms with Crippen molar-refractivity contribution >= 4 is 117 Å². The molecule has 0 aliphatic carbocycles. The van der Waals surface area contributed by atoms with E-state index in [1.807, 2.05) is 57.5 Å². The van der Waals surface area contributed by atoms with Gasteiger partial charge in [-0.1, -0.05) is 106 Å². The number of ether oxygens (including phenoxy) is 6. The van der Waals surface area contributed by atoms with Crippen molar-refractivity contribution in [2.75, 3.05) is 153 Å². The SMILES string of the molecule is CC(O)C(CCC(=O)CCCOCCOCCNS(=O)(=O)c1cccc([C@@H]2CN(C)Cc3c(Cl)cc(Cl)cc32)c1)(CCC(=O)NCCOCCOCCNS(=O)(=O)c1cccc([C@@H]2CN(C)Cc3c(Cl)cc(Cl)cc32)c1)CCC(=O)NCCOCCOCCNS(=O)(=O)c1cccc([C@@H]2CN(C)Cc3c(Cl)cc(Cl)cc32)c1. The first-order valence-electron chi connectivity index (χ1n) is 37.5. The van der Waals surface area contributed by atoms with Gasteiger partial charge in [0.1, 0.15) is 5.78 Å². The smallest absolute Gasteiger partial charge is 0.240 e. The number of nitrogens with one attached hydrogen (secondary N) is 5. The van der Waals surface area contributed by atoms with E-state index in [0.29, 0.717) is 75.8 Å². The molecule has 24 nitrogen and oxygen atoms in total. The Balaban J connectivity index is 0.668. The standard InChI is InChI=1S/C79H102Cl6N8O16S3/c1-54(94)79(19-16-61(95)12-8-27-104-33-34-107-30-24-88-110(98,99)62-13-5-9-55(39-62)68-48-91(2)51-71-65(68)42-58(80)45-74(71)83,20-17-77(96)86-22-28-105-35-37-108-31-25-89-111(100,101)63-14-6-10-56(40-63)69-49-92(3)52-72-66(69)43-59(81)46-75(72)84)21-18-78(97)87-23-29-106-36-38-109-32-26-90-112(102,103)64-15-7-11-57(41-64)70-50-93(4)53-73-67(70)44-60(82)47-76(73)85/h5-7,9-11,13-15,39-47,54,68-70,88-90,94H,8,12,16-38,48-53H2,1-4H3,(H,86,96)(H,87,97)/t54?,68-,69-,70-/m0/s1. The number of sulfonamides is 3. The number of likely N-dealkylation sites (N-methyl/N-ethyl adjacent to an activating group) is 3. The fourth-order valence-electron chi connectivity index (χ4n) is 14.4. The third-order valence-corrected chi connectivity index (χ3v) is 26.3. The normalized spacial score (nSPS) is 16.7. The van der Waals surface area contributed by atoms with Crippen molar-refractivity contribution in [3.05, 3.63) is 189 Å². The summed E-state index contributed by atoms with van der Waals surface area (Å²) in [5.41, 5.74) is 7.22. The summed E-state index contributed by atoms with van der Waals surface area (Å²) in [7, 11) is -5.69. The lowest BCUT2D eigenvalue weighted by Crippen LogP contribution is -2.38. The van der Waals surface area contributed by atoms with Crippen LogP contribution >= 0.6 is 69.6 Å². The van der Waals surface area contributed by atoms with Gasteiger partial charge >= 0.3 is 0 Å². The van der Waals surface area contributed by atoms with Gasteiger partial charge in [-0.15, -0.1) is 0 Å². The summed E-state index contributed by atoms with van der Waals surface area (Å²) in [4.78, 5) is 47.0. The van der Waals surface area contributed by atoms with Crippen LogP contribution in [0, 0.1) is 5.41 Å². The van der Waals surface area contributed by atoms with E-state index in [1.165, 1.54) is 0 Å². The quantitative estimate of drug-likeness (QED) is 0.0193. The third kappa shape index (κ3) is 27.0. The molecule has 3 aliphatic rings. The predicted octanol–water partition coefficient (Wildman–Crippen LogP) is 11.0. The Labute approximate surface area is 688 Å². The zero-order chi connectivity index (χ0) is 80.6. The van der Waals surface area contributed by atoms with E-state index in [4.69, 9.17) is 98.0 Å². The Kier molecular flexibility index (Phi) is 35.7. The van der Waals surface area contributed by atoms with Crippen molar-refractivity contribution in [3.63, 3.8) is 0 Å². The molecule has 0 fully saturated rings. The average molecular weight is 1730 g/mol. The van der Waals surface area contributed by atoms with Crippen LogP contribution in [0.25, 0.3) is 0 Å². The molecule has 9 rings (SSSR count). The summed E-state index contributed by atoms with van der Waals surface area (Å²) in [5, 5.41) is 20.4. The average Bonchev–Trinajstić information content (AvgIpc) is 0.781. The number of rotatable bonds is 47. The Morgan fingerprint density at radius 2 is 0.732 bits per heavy atom. The van der Waals surface area contributed by atoms with Crippen LogP contribution in [-0.2, 0) is 92.5 Å². The van der Waals surface area contributed by atoms with Crippen LogP contribution in [0.2, 0.25) is 30.1 Å². The van der Waals surface area contributed by atoms with Crippen molar-refractivity contribution in [1.29, 1.82) is 0 Å². The lowest BCUT2D eigenvalue weighted by Gasteiger charge is -2.37. The predicted molar refractivity (Wildman–Crippen MR) is 436 cm³/mol. The molecule has 0 spiro atoms. The van der Waals surface area contributed by atoms with Crippen molar-refractivity contribution in [2.45, 2.75) is 116 Å². The molecular weight excluding hydrogens is 1630 g/mol. The van der Waals surface area contributed by atoms with E-state index in [1.54, 1.807) is 79.7 Å². The molecule has 6 aromatic carbocycles. The van der Waals surface area contributed by atoms with Gasteiger partial charge in [-0.3, -0.25) is 14.4 Å². The van der Waals surface area contributed by atoms with E-state index in [2.05, 4.69) is 39.5 Å². The fourth-order valence-corrected chi connectivity index (χ4v) is 19.3. The second-order valence-electron chi connectivity index (χ2n) is 28.6. The van der Waals surface area contributed by atoms with E-state index in [0.717, 1.165) is 50.1 Å². The van der Waals surface area contributed by atoms with Crippen LogP contribution in [0.4, 0.5) is 0 Å². The zero-order valence-electron chi connectivity index (χ0n) is 63.5. The number of ketones is 1. The number of halogens is 6. The summed E-state index contributed by atoms with van der Waals surface area (Å²) in [5.74, 6) is -1.16. The van der Waals surface area contributed by atoms with Crippen LogP contribution in [0.15, 0.2) is 124 Å². The number of aliphatic hydroxyl groups excluding tert-OH is 1. The van der Waals surface area contributed by atoms with Crippen molar-refractivity contribution < 1.29 is 73.2 Å². The number of aliphatic hydroxyl groups is 1. The van der Waals surface area contributed by atoms with Gasteiger partial charge in [-0.05, 0) is 182 Å². The van der Waals surface area contributed by atoms with Crippen LogP contribution < -0.4 is 24.8 Å². The molecule has 33 heteroatoms.